The predicted octanol–water partition coefficient (Wildman–Crippen LogP) is 1.89. The molecule has 5 heteroatoms. The van der Waals surface area contributed by atoms with Gasteiger partial charge in [-0.1, -0.05) is 18.2 Å². The number of benzene rings is 1. The number of hydrogen-bond acceptors (Lipinski definition) is 4. The molecule has 0 aliphatic rings. The summed E-state index contributed by atoms with van der Waals surface area (Å²) in [6.07, 6.45) is 1.44. The van der Waals surface area contributed by atoms with Crippen molar-refractivity contribution in [2.24, 2.45) is 0 Å². The fourth-order valence-electron chi connectivity index (χ4n) is 1.74. The molecule has 0 saturated carbocycles. The molecule has 1 heterocycles. The number of amides is 1. The third-order valence-electron chi connectivity index (χ3n) is 2.75. The molecule has 5 nitrogen and oxygen atoms in total. The third kappa shape index (κ3) is 3.12. The average molecular weight is 267 g/mol. The maximum absolute atomic E-state index is 12.0. The second-order valence-electron chi connectivity index (χ2n) is 4.04. The monoisotopic (exact) mass is 267 g/mol. The van der Waals surface area contributed by atoms with Crippen molar-refractivity contribution in [1.82, 2.24) is 10.3 Å². The van der Waals surface area contributed by atoms with Gasteiger partial charge in [-0.15, -0.1) is 0 Å². The fraction of sp³-hybridized carbons (Fsp3) is 0.133. The standard InChI is InChI=1S/C15H13N3O2/c1-20-14-5-3-2-4-12(14)10-18-15(19)13-8-11(9-16)6-7-17-13/h2-8H,10H2,1H3,(H,18,19). The molecule has 0 spiro atoms. The van der Waals surface area contributed by atoms with E-state index in [0.717, 1.165) is 5.56 Å². The topological polar surface area (TPSA) is 75.0 Å². The smallest absolute Gasteiger partial charge is 0.270 e. The minimum atomic E-state index is -0.326. The van der Waals surface area contributed by atoms with E-state index in [1.54, 1.807) is 13.2 Å². The van der Waals surface area contributed by atoms with Crippen LogP contribution in [0.1, 0.15) is 21.6 Å². The molecular formula is C15H13N3O2. The Labute approximate surface area is 116 Å². The molecular weight excluding hydrogens is 254 g/mol. The third-order valence-corrected chi connectivity index (χ3v) is 2.75. The Bertz CT molecular complexity index is 662. The largest absolute Gasteiger partial charge is 0.496 e. The maximum atomic E-state index is 12.0. The maximum Gasteiger partial charge on any atom is 0.270 e. The van der Waals surface area contributed by atoms with Crippen LogP contribution in [0.3, 0.4) is 0 Å². The van der Waals surface area contributed by atoms with Crippen molar-refractivity contribution in [3.05, 3.63) is 59.4 Å². The highest BCUT2D eigenvalue weighted by atomic mass is 16.5. The first kappa shape index (κ1) is 13.6. The van der Waals surface area contributed by atoms with Gasteiger partial charge in [0.15, 0.2) is 0 Å². The van der Waals surface area contributed by atoms with Gasteiger partial charge < -0.3 is 10.1 Å². The van der Waals surface area contributed by atoms with Gasteiger partial charge in [0, 0.05) is 18.3 Å². The summed E-state index contributed by atoms with van der Waals surface area (Å²) < 4.78 is 5.21. The van der Waals surface area contributed by atoms with Gasteiger partial charge in [-0.3, -0.25) is 9.78 Å². The van der Waals surface area contributed by atoms with Gasteiger partial charge in [0.25, 0.3) is 5.91 Å². The van der Waals surface area contributed by atoms with Crippen molar-refractivity contribution < 1.29 is 9.53 Å². The van der Waals surface area contributed by atoms with Crippen molar-refractivity contribution in [3.8, 4) is 11.8 Å². The first-order valence-corrected chi connectivity index (χ1v) is 6.01. The number of ether oxygens (including phenoxy) is 1. The normalized spacial score (nSPS) is 9.60. The molecule has 0 aliphatic carbocycles. The van der Waals surface area contributed by atoms with Crippen LogP contribution in [-0.2, 0) is 6.54 Å². The van der Waals surface area contributed by atoms with Crippen LogP contribution in [0.2, 0.25) is 0 Å². The molecule has 1 aromatic heterocycles. The molecule has 2 rings (SSSR count). The van der Waals surface area contributed by atoms with Crippen molar-refractivity contribution in [2.45, 2.75) is 6.54 Å². The average Bonchev–Trinajstić information content (AvgIpc) is 2.52. The molecule has 1 N–H and O–H groups in total. The Morgan fingerprint density at radius 3 is 2.95 bits per heavy atom. The van der Waals surface area contributed by atoms with Crippen LogP contribution in [-0.4, -0.2) is 18.0 Å². The van der Waals surface area contributed by atoms with Crippen LogP contribution in [0, 0.1) is 11.3 Å². The summed E-state index contributed by atoms with van der Waals surface area (Å²) in [5.41, 5.74) is 1.50. The van der Waals surface area contributed by atoms with Gasteiger partial charge in [-0.25, -0.2) is 0 Å². The summed E-state index contributed by atoms with van der Waals surface area (Å²) in [6.45, 7) is 0.335. The summed E-state index contributed by atoms with van der Waals surface area (Å²) in [5, 5.41) is 11.5. The minimum absolute atomic E-state index is 0.221. The zero-order valence-electron chi connectivity index (χ0n) is 11.0. The number of methoxy groups -OCH3 is 1. The number of pyridine rings is 1. The number of para-hydroxylation sites is 1. The Balaban J connectivity index is 2.07. The van der Waals surface area contributed by atoms with Crippen molar-refractivity contribution in [3.63, 3.8) is 0 Å². The van der Waals surface area contributed by atoms with E-state index in [0.29, 0.717) is 17.9 Å². The lowest BCUT2D eigenvalue weighted by molar-refractivity contribution is 0.0945. The summed E-state index contributed by atoms with van der Waals surface area (Å²) in [5.74, 6) is 0.388. The van der Waals surface area contributed by atoms with Crippen molar-refractivity contribution in [2.75, 3.05) is 7.11 Å². The van der Waals surface area contributed by atoms with E-state index >= 15 is 0 Å². The number of hydrogen-bond donors (Lipinski definition) is 1. The number of carbonyl (C=O) groups is 1. The van der Waals surface area contributed by atoms with Crippen LogP contribution in [0.25, 0.3) is 0 Å². The van der Waals surface area contributed by atoms with Crippen LogP contribution in [0.5, 0.6) is 5.75 Å². The number of nitriles is 1. The number of nitrogens with zero attached hydrogens (tertiary/aromatic N) is 2. The first-order valence-electron chi connectivity index (χ1n) is 6.01. The molecule has 0 bridgehead atoms. The summed E-state index contributed by atoms with van der Waals surface area (Å²) in [6, 6.07) is 12.4. The molecule has 0 fully saturated rings. The van der Waals surface area contributed by atoms with Crippen LogP contribution in [0.15, 0.2) is 42.6 Å². The van der Waals surface area contributed by atoms with Crippen LogP contribution >= 0.6 is 0 Å². The molecule has 0 atom stereocenters. The Hall–Kier alpha value is -2.87. The highest BCUT2D eigenvalue weighted by Crippen LogP contribution is 2.16. The summed E-state index contributed by atoms with van der Waals surface area (Å²) >= 11 is 0. The highest BCUT2D eigenvalue weighted by molar-refractivity contribution is 5.92. The lowest BCUT2D eigenvalue weighted by Gasteiger charge is -2.09. The number of rotatable bonds is 4. The molecule has 0 aliphatic heterocycles. The van der Waals surface area contributed by atoms with Gasteiger partial charge in [0.1, 0.15) is 11.4 Å². The Morgan fingerprint density at radius 1 is 1.40 bits per heavy atom. The van der Waals surface area contributed by atoms with Crippen LogP contribution < -0.4 is 10.1 Å². The first-order chi connectivity index (χ1) is 9.74. The lowest BCUT2D eigenvalue weighted by Crippen LogP contribution is -2.24. The highest BCUT2D eigenvalue weighted by Gasteiger charge is 2.09. The van der Waals surface area contributed by atoms with E-state index in [4.69, 9.17) is 10.00 Å². The van der Waals surface area contributed by atoms with Gasteiger partial charge in [0.2, 0.25) is 0 Å². The number of nitrogens with one attached hydrogen (secondary N) is 1. The fourth-order valence-corrected chi connectivity index (χ4v) is 1.74. The van der Waals surface area contributed by atoms with Gasteiger partial charge in [0.05, 0.1) is 18.7 Å². The van der Waals surface area contributed by atoms with E-state index in [1.165, 1.54) is 12.3 Å². The summed E-state index contributed by atoms with van der Waals surface area (Å²) in [7, 11) is 1.58. The Kier molecular flexibility index (Phi) is 4.30. The van der Waals surface area contributed by atoms with Crippen molar-refractivity contribution in [1.29, 1.82) is 5.26 Å². The molecule has 100 valence electrons. The van der Waals surface area contributed by atoms with Gasteiger partial charge >= 0.3 is 0 Å². The van der Waals surface area contributed by atoms with E-state index in [9.17, 15) is 4.79 Å². The second kappa shape index (κ2) is 6.34. The molecule has 1 amide bonds. The van der Waals surface area contributed by atoms with E-state index in [2.05, 4.69) is 10.3 Å². The Morgan fingerprint density at radius 2 is 2.20 bits per heavy atom. The van der Waals surface area contributed by atoms with E-state index < -0.39 is 0 Å². The number of carbonyl (C=O) groups excluding carboxylic acids is 1. The SMILES string of the molecule is COc1ccccc1CNC(=O)c1cc(C#N)ccn1. The predicted molar refractivity (Wildman–Crippen MR) is 73.1 cm³/mol. The summed E-state index contributed by atoms with van der Waals surface area (Å²) in [4.78, 5) is 15.9. The lowest BCUT2D eigenvalue weighted by atomic mass is 10.2. The van der Waals surface area contributed by atoms with E-state index in [1.807, 2.05) is 30.3 Å². The van der Waals surface area contributed by atoms with Crippen molar-refractivity contribution >= 4 is 5.91 Å². The quantitative estimate of drug-likeness (QED) is 0.917. The minimum Gasteiger partial charge on any atom is -0.496 e. The zero-order chi connectivity index (χ0) is 14.4. The zero-order valence-corrected chi connectivity index (χ0v) is 11.0. The number of aromatic nitrogens is 1. The van der Waals surface area contributed by atoms with Gasteiger partial charge in [-0.2, -0.15) is 5.26 Å². The van der Waals surface area contributed by atoms with Gasteiger partial charge in [-0.05, 0) is 18.2 Å². The molecule has 1 aromatic carbocycles. The molecule has 0 unspecified atom stereocenters. The molecule has 0 saturated heterocycles. The van der Waals surface area contributed by atoms with Crippen LogP contribution in [0.4, 0.5) is 0 Å². The second-order valence-corrected chi connectivity index (χ2v) is 4.04. The molecule has 2 aromatic rings. The van der Waals surface area contributed by atoms with E-state index in [-0.39, 0.29) is 11.6 Å². The molecule has 20 heavy (non-hydrogen) atoms. The molecule has 0 radical (unpaired) electrons.